The molecule has 0 radical (unpaired) electrons. The van der Waals surface area contributed by atoms with Gasteiger partial charge in [-0.05, 0) is 18.6 Å². The maximum absolute atomic E-state index is 14.2. The van der Waals surface area contributed by atoms with E-state index < -0.39 is 12.7 Å². The maximum atomic E-state index is 14.2. The lowest BCUT2D eigenvalue weighted by Crippen LogP contribution is -2.20. The van der Waals surface area contributed by atoms with Crippen LogP contribution < -0.4 is 5.30 Å². The van der Waals surface area contributed by atoms with E-state index in [9.17, 15) is 9.36 Å². The Morgan fingerprint density at radius 2 is 1.46 bits per heavy atom. The summed E-state index contributed by atoms with van der Waals surface area (Å²) < 4.78 is 14.3. The fourth-order valence-corrected chi connectivity index (χ4v) is 6.43. The van der Waals surface area contributed by atoms with Crippen molar-refractivity contribution in [2.75, 3.05) is 0 Å². The molecule has 0 aromatic heterocycles. The molecule has 1 atom stereocenters. The minimum Gasteiger partial charge on any atom is -0.304 e. The van der Waals surface area contributed by atoms with Crippen molar-refractivity contribution < 1.29 is 9.36 Å². The first kappa shape index (κ1) is 18.7. The minimum atomic E-state index is -3.74. The molecule has 0 saturated carbocycles. The molecule has 0 amide bonds. The van der Waals surface area contributed by atoms with Crippen LogP contribution in [0.5, 0.6) is 0 Å². The molecular weight excluding hydrogens is 383 g/mol. The molecule has 5 heteroatoms. The highest BCUT2D eigenvalue weighted by Crippen LogP contribution is 2.52. The van der Waals surface area contributed by atoms with Crippen molar-refractivity contribution in [3.05, 3.63) is 101 Å². The molecule has 0 fully saturated rings. The van der Waals surface area contributed by atoms with Gasteiger partial charge in [0.2, 0.25) is 12.7 Å². The molecule has 26 heavy (non-hydrogen) atoms. The maximum Gasteiger partial charge on any atom is 0.230 e. The molecule has 0 aliphatic heterocycles. The summed E-state index contributed by atoms with van der Waals surface area (Å²) in [6, 6.07) is 22.6. The Labute approximate surface area is 163 Å². The van der Waals surface area contributed by atoms with Gasteiger partial charge in [-0.1, -0.05) is 96.6 Å². The number of halogens is 1. The number of carbonyl (C=O) groups is 1. The average molecular weight is 399 g/mol. The number of thiocarbonyl (C=S) groups is 1. The molecule has 0 bridgehead atoms. The second-order valence-corrected chi connectivity index (χ2v) is 9.56. The number of hydrogen-bond acceptors (Lipinski definition) is 3. The summed E-state index contributed by atoms with van der Waals surface area (Å²) in [5.41, 5.74) is 1.18. The summed E-state index contributed by atoms with van der Waals surface area (Å²) in [4.78, 5) is 13.3. The summed E-state index contributed by atoms with van der Waals surface area (Å²) >= 11 is 12.0. The standard InChI is InChI=1S/C21H16ClO2PS/c1-15-9-8-14-18(22)19(15)21(26)25(24,17-12-6-3-7-13-17)20(23)16-10-4-2-5-11-16/h2-14H,1H3. The SMILES string of the molecule is Cc1cccc(Cl)c1C(=S)P(=O)(C(=O)c1ccccc1)c1ccccc1. The molecule has 0 heterocycles. The van der Waals surface area contributed by atoms with Crippen LogP contribution in [0.2, 0.25) is 5.02 Å². The minimum absolute atomic E-state index is 0.0978. The van der Waals surface area contributed by atoms with Gasteiger partial charge in [0.25, 0.3) is 0 Å². The van der Waals surface area contributed by atoms with Crippen molar-refractivity contribution in [1.29, 1.82) is 0 Å². The third-order valence-electron chi connectivity index (χ3n) is 4.15. The second-order valence-electron chi connectivity index (χ2n) is 5.85. The lowest BCUT2D eigenvalue weighted by atomic mass is 10.1. The van der Waals surface area contributed by atoms with Crippen LogP contribution in [-0.2, 0) is 4.57 Å². The summed E-state index contributed by atoms with van der Waals surface area (Å²) in [6.07, 6.45) is 0. The van der Waals surface area contributed by atoms with Crippen molar-refractivity contribution in [2.24, 2.45) is 0 Å². The van der Waals surface area contributed by atoms with Crippen LogP contribution in [0.15, 0.2) is 78.9 Å². The molecule has 2 nitrogen and oxygen atoms in total. The predicted octanol–water partition coefficient (Wildman–Crippen LogP) is 5.85. The van der Waals surface area contributed by atoms with E-state index in [0.717, 1.165) is 5.56 Å². The van der Waals surface area contributed by atoms with Gasteiger partial charge in [-0.15, -0.1) is 0 Å². The molecule has 1 unspecified atom stereocenters. The monoisotopic (exact) mass is 398 g/mol. The molecule has 0 spiro atoms. The van der Waals surface area contributed by atoms with Crippen LogP contribution in [0, 0.1) is 6.92 Å². The van der Waals surface area contributed by atoms with Crippen molar-refractivity contribution in [3.63, 3.8) is 0 Å². The van der Waals surface area contributed by atoms with Crippen molar-refractivity contribution in [3.8, 4) is 0 Å². The quantitative estimate of drug-likeness (QED) is 0.399. The fraction of sp³-hybridized carbons (Fsp3) is 0.0476. The van der Waals surface area contributed by atoms with Gasteiger partial charge in [0, 0.05) is 21.5 Å². The van der Waals surface area contributed by atoms with Crippen molar-refractivity contribution in [2.45, 2.75) is 6.92 Å². The lowest BCUT2D eigenvalue weighted by Gasteiger charge is -2.21. The Morgan fingerprint density at radius 1 is 0.885 bits per heavy atom. The average Bonchev–Trinajstić information content (AvgIpc) is 2.68. The Morgan fingerprint density at radius 3 is 2.04 bits per heavy atom. The summed E-state index contributed by atoms with van der Waals surface area (Å²) in [7, 11) is -3.74. The summed E-state index contributed by atoms with van der Waals surface area (Å²) in [6.45, 7) is 1.84. The number of benzene rings is 3. The topological polar surface area (TPSA) is 34.1 Å². The van der Waals surface area contributed by atoms with Gasteiger partial charge < -0.3 is 4.57 Å². The van der Waals surface area contributed by atoms with Crippen LogP contribution >= 0.6 is 31.0 Å². The Hall–Kier alpha value is -2.06. The van der Waals surface area contributed by atoms with Crippen LogP contribution in [-0.4, -0.2) is 10.1 Å². The van der Waals surface area contributed by atoms with E-state index in [1.807, 2.05) is 19.1 Å². The molecule has 0 aliphatic carbocycles. The van der Waals surface area contributed by atoms with E-state index in [-0.39, 0.29) is 4.61 Å². The number of rotatable bonds is 5. The highest BCUT2D eigenvalue weighted by Gasteiger charge is 2.40. The van der Waals surface area contributed by atoms with E-state index >= 15 is 0 Å². The Bertz CT molecular complexity index is 996. The van der Waals surface area contributed by atoms with Crippen LogP contribution in [0.4, 0.5) is 0 Å². The second kappa shape index (κ2) is 7.67. The molecule has 0 aliphatic rings. The molecule has 3 aromatic carbocycles. The summed E-state index contributed by atoms with van der Waals surface area (Å²) in [5.74, 6) is 0. The zero-order chi connectivity index (χ0) is 18.7. The van der Waals surface area contributed by atoms with Crippen LogP contribution in [0.3, 0.4) is 0 Å². The first-order valence-electron chi connectivity index (χ1n) is 8.02. The Kier molecular flexibility index (Phi) is 5.52. The summed E-state index contributed by atoms with van der Waals surface area (Å²) in [5, 5.41) is 0.810. The fourth-order valence-electron chi connectivity index (χ4n) is 2.79. The highest BCUT2D eigenvalue weighted by molar-refractivity contribution is 8.12. The van der Waals surface area contributed by atoms with Gasteiger partial charge in [0.1, 0.15) is 0 Å². The zero-order valence-electron chi connectivity index (χ0n) is 14.1. The first-order chi connectivity index (χ1) is 12.5. The van der Waals surface area contributed by atoms with Gasteiger partial charge in [-0.25, -0.2) is 0 Å². The van der Waals surface area contributed by atoms with E-state index in [4.69, 9.17) is 23.8 Å². The van der Waals surface area contributed by atoms with Crippen molar-refractivity contribution in [1.82, 2.24) is 0 Å². The van der Waals surface area contributed by atoms with E-state index in [1.54, 1.807) is 66.7 Å². The molecule has 130 valence electrons. The van der Waals surface area contributed by atoms with E-state index in [2.05, 4.69) is 0 Å². The predicted molar refractivity (Wildman–Crippen MR) is 112 cm³/mol. The van der Waals surface area contributed by atoms with Crippen molar-refractivity contribution >= 4 is 46.4 Å². The first-order valence-corrected chi connectivity index (χ1v) is 10.5. The van der Waals surface area contributed by atoms with E-state index in [0.29, 0.717) is 21.5 Å². The highest BCUT2D eigenvalue weighted by atomic mass is 35.5. The van der Waals surface area contributed by atoms with Crippen LogP contribution in [0.25, 0.3) is 0 Å². The largest absolute Gasteiger partial charge is 0.304 e. The molecule has 3 aromatic rings. The van der Waals surface area contributed by atoms with Gasteiger partial charge in [0.15, 0.2) is 0 Å². The van der Waals surface area contributed by atoms with Gasteiger partial charge in [0.05, 0.1) is 4.61 Å². The van der Waals surface area contributed by atoms with E-state index in [1.165, 1.54) is 0 Å². The van der Waals surface area contributed by atoms with Gasteiger partial charge in [-0.2, -0.15) is 0 Å². The number of aryl methyl sites for hydroxylation is 1. The third-order valence-corrected chi connectivity index (χ3v) is 8.09. The third kappa shape index (κ3) is 3.31. The molecule has 3 rings (SSSR count). The number of hydrogen-bond donors (Lipinski definition) is 0. The smallest absolute Gasteiger partial charge is 0.230 e. The molecule has 0 N–H and O–H groups in total. The van der Waals surface area contributed by atoms with Crippen LogP contribution in [0.1, 0.15) is 21.5 Å². The lowest BCUT2D eigenvalue weighted by molar-refractivity contribution is 0.107. The normalized spacial score (nSPS) is 13.0. The molecule has 0 saturated heterocycles. The Balaban J connectivity index is 2.24. The molecular formula is C21H16ClO2PS. The number of carbonyl (C=O) groups excluding carboxylic acids is 1. The zero-order valence-corrected chi connectivity index (χ0v) is 16.5. The van der Waals surface area contributed by atoms with Gasteiger partial charge in [-0.3, -0.25) is 4.79 Å². The van der Waals surface area contributed by atoms with Gasteiger partial charge >= 0.3 is 0 Å².